The van der Waals surface area contributed by atoms with Crippen molar-refractivity contribution in [2.75, 3.05) is 6.54 Å². The Morgan fingerprint density at radius 3 is 2.78 bits per heavy atom. The minimum absolute atomic E-state index is 0.117. The first-order valence-corrected chi connectivity index (χ1v) is 5.79. The third-order valence-corrected chi connectivity index (χ3v) is 3.08. The molecule has 2 aromatic rings. The van der Waals surface area contributed by atoms with E-state index in [1.807, 2.05) is 6.92 Å². The van der Waals surface area contributed by atoms with Gasteiger partial charge >= 0.3 is 0 Å². The van der Waals surface area contributed by atoms with Gasteiger partial charge in [-0.15, -0.1) is 0 Å². The van der Waals surface area contributed by atoms with E-state index in [1.54, 1.807) is 22.9 Å². The van der Waals surface area contributed by atoms with Crippen molar-refractivity contribution in [1.29, 1.82) is 0 Å². The average molecular weight is 245 g/mol. The number of benzene rings is 1. The monoisotopic (exact) mass is 245 g/mol. The maximum Gasteiger partial charge on any atom is 0.269 e. The molecule has 3 rings (SSSR count). The highest BCUT2D eigenvalue weighted by Gasteiger charge is 2.24. The second-order valence-electron chi connectivity index (χ2n) is 4.43. The van der Waals surface area contributed by atoms with Crippen molar-refractivity contribution in [3.8, 4) is 11.3 Å². The molecule has 1 aromatic heterocycles. The molecule has 1 atom stereocenters. The molecule has 0 unspecified atom stereocenters. The molecule has 4 nitrogen and oxygen atoms in total. The molecular formula is C13H12FN3O. The number of carbonyl (C=O) groups excluding carboxylic acids is 1. The highest BCUT2D eigenvalue weighted by molar-refractivity contribution is 5.94. The number of fused-ring (bicyclic) bond motifs is 1. The van der Waals surface area contributed by atoms with Crippen molar-refractivity contribution in [1.82, 2.24) is 15.1 Å². The zero-order valence-corrected chi connectivity index (χ0v) is 9.85. The summed E-state index contributed by atoms with van der Waals surface area (Å²) in [5.41, 5.74) is 2.04. The molecule has 92 valence electrons. The van der Waals surface area contributed by atoms with E-state index in [2.05, 4.69) is 10.4 Å². The first-order chi connectivity index (χ1) is 8.65. The summed E-state index contributed by atoms with van der Waals surface area (Å²) < 4.78 is 14.6. The molecule has 0 spiro atoms. The highest BCUT2D eigenvalue weighted by Crippen LogP contribution is 2.23. The van der Waals surface area contributed by atoms with Gasteiger partial charge in [0.05, 0.1) is 11.7 Å². The van der Waals surface area contributed by atoms with Crippen LogP contribution in [0, 0.1) is 5.82 Å². The molecule has 1 N–H and O–H groups in total. The fourth-order valence-corrected chi connectivity index (χ4v) is 2.08. The summed E-state index contributed by atoms with van der Waals surface area (Å²) in [5.74, 6) is -0.400. The van der Waals surface area contributed by atoms with Crippen LogP contribution in [0.3, 0.4) is 0 Å². The summed E-state index contributed by atoms with van der Waals surface area (Å²) in [5, 5.41) is 7.22. The Bertz CT molecular complexity index is 603. The van der Waals surface area contributed by atoms with Gasteiger partial charge in [0.15, 0.2) is 0 Å². The fraction of sp³-hybridized carbons (Fsp3) is 0.231. The van der Waals surface area contributed by atoms with E-state index < -0.39 is 0 Å². The minimum Gasteiger partial charge on any atom is -0.349 e. The summed E-state index contributed by atoms with van der Waals surface area (Å²) in [7, 11) is 0. The Kier molecular flexibility index (Phi) is 2.40. The number of hydrogen-bond acceptors (Lipinski definition) is 2. The third kappa shape index (κ3) is 1.68. The molecule has 0 saturated heterocycles. The summed E-state index contributed by atoms with van der Waals surface area (Å²) in [4.78, 5) is 11.7. The van der Waals surface area contributed by atoms with E-state index in [1.165, 1.54) is 12.1 Å². The second-order valence-corrected chi connectivity index (χ2v) is 4.43. The molecule has 1 amide bonds. The van der Waals surface area contributed by atoms with Gasteiger partial charge in [-0.1, -0.05) is 0 Å². The number of nitrogens with one attached hydrogen (secondary N) is 1. The van der Waals surface area contributed by atoms with Crippen molar-refractivity contribution >= 4 is 5.91 Å². The van der Waals surface area contributed by atoms with E-state index in [-0.39, 0.29) is 17.8 Å². The first-order valence-electron chi connectivity index (χ1n) is 5.79. The number of rotatable bonds is 1. The van der Waals surface area contributed by atoms with Crippen molar-refractivity contribution < 1.29 is 9.18 Å². The maximum absolute atomic E-state index is 12.9. The largest absolute Gasteiger partial charge is 0.349 e. The van der Waals surface area contributed by atoms with Crippen LogP contribution in [0.15, 0.2) is 30.3 Å². The van der Waals surface area contributed by atoms with Gasteiger partial charge in [0.2, 0.25) is 0 Å². The van der Waals surface area contributed by atoms with Gasteiger partial charge in [0.25, 0.3) is 5.91 Å². The van der Waals surface area contributed by atoms with Gasteiger partial charge in [-0.2, -0.15) is 5.10 Å². The van der Waals surface area contributed by atoms with Gasteiger partial charge < -0.3 is 5.32 Å². The Labute approximate surface area is 103 Å². The number of amides is 1. The number of hydrogen-bond donors (Lipinski definition) is 1. The molecular weight excluding hydrogens is 233 g/mol. The van der Waals surface area contributed by atoms with E-state index in [9.17, 15) is 9.18 Å². The van der Waals surface area contributed by atoms with E-state index in [0.717, 1.165) is 5.56 Å². The Morgan fingerprint density at radius 2 is 2.11 bits per heavy atom. The lowest BCUT2D eigenvalue weighted by molar-refractivity contribution is 0.0912. The molecule has 0 radical (unpaired) electrons. The van der Waals surface area contributed by atoms with Crippen LogP contribution in [-0.4, -0.2) is 22.2 Å². The van der Waals surface area contributed by atoms with E-state index in [0.29, 0.717) is 17.9 Å². The standard InChI is InChI=1S/C13H12FN3O/c1-8-7-15-13(18)12-6-11(16-17(8)12)9-2-4-10(14)5-3-9/h2-6,8H,7H2,1H3,(H,15,18)/t8-/m1/s1. The maximum atomic E-state index is 12.9. The first kappa shape index (κ1) is 11.0. The summed E-state index contributed by atoms with van der Waals surface area (Å²) >= 11 is 0. The number of halogens is 1. The van der Waals surface area contributed by atoms with E-state index >= 15 is 0 Å². The normalized spacial score (nSPS) is 18.3. The van der Waals surface area contributed by atoms with Crippen LogP contribution in [0.4, 0.5) is 4.39 Å². The quantitative estimate of drug-likeness (QED) is 0.835. The van der Waals surface area contributed by atoms with Crippen molar-refractivity contribution in [2.45, 2.75) is 13.0 Å². The zero-order valence-electron chi connectivity index (χ0n) is 9.85. The fourth-order valence-electron chi connectivity index (χ4n) is 2.08. The Hall–Kier alpha value is -2.17. The smallest absolute Gasteiger partial charge is 0.269 e. The molecule has 0 fully saturated rings. The summed E-state index contributed by atoms with van der Waals surface area (Å²) in [6.07, 6.45) is 0. The molecule has 0 aliphatic carbocycles. The van der Waals surface area contributed by atoms with Crippen LogP contribution >= 0.6 is 0 Å². The van der Waals surface area contributed by atoms with E-state index in [4.69, 9.17) is 0 Å². The third-order valence-electron chi connectivity index (χ3n) is 3.08. The van der Waals surface area contributed by atoms with Crippen LogP contribution in [0.1, 0.15) is 23.5 Å². The topological polar surface area (TPSA) is 46.9 Å². The van der Waals surface area contributed by atoms with Gasteiger partial charge in [-0.25, -0.2) is 4.39 Å². The lowest BCUT2D eigenvalue weighted by atomic mass is 10.1. The van der Waals surface area contributed by atoms with Crippen LogP contribution in [0.5, 0.6) is 0 Å². The second kappa shape index (κ2) is 3.94. The molecule has 0 bridgehead atoms. The average Bonchev–Trinajstić information content (AvgIpc) is 2.81. The lowest BCUT2D eigenvalue weighted by Crippen LogP contribution is -2.38. The number of carbonyl (C=O) groups is 1. The van der Waals surface area contributed by atoms with Crippen LogP contribution < -0.4 is 5.32 Å². The van der Waals surface area contributed by atoms with Crippen molar-refractivity contribution in [3.63, 3.8) is 0 Å². The highest BCUT2D eigenvalue weighted by atomic mass is 19.1. The van der Waals surface area contributed by atoms with Crippen molar-refractivity contribution in [3.05, 3.63) is 41.8 Å². The van der Waals surface area contributed by atoms with Crippen LogP contribution in [0.25, 0.3) is 11.3 Å². The van der Waals surface area contributed by atoms with Gasteiger partial charge in [-0.05, 0) is 37.3 Å². The SMILES string of the molecule is C[C@@H]1CNC(=O)c2cc(-c3ccc(F)cc3)nn21. The molecule has 5 heteroatoms. The number of aromatic nitrogens is 2. The Morgan fingerprint density at radius 1 is 1.39 bits per heavy atom. The predicted octanol–water partition coefficient (Wildman–Crippen LogP) is 1.99. The van der Waals surface area contributed by atoms with Gasteiger partial charge in [0.1, 0.15) is 11.5 Å². The van der Waals surface area contributed by atoms with Gasteiger partial charge in [-0.3, -0.25) is 9.48 Å². The summed E-state index contributed by atoms with van der Waals surface area (Å²) in [6, 6.07) is 7.96. The molecule has 18 heavy (non-hydrogen) atoms. The number of nitrogens with zero attached hydrogens (tertiary/aromatic N) is 2. The van der Waals surface area contributed by atoms with Crippen LogP contribution in [0.2, 0.25) is 0 Å². The molecule has 1 aromatic carbocycles. The molecule has 1 aliphatic rings. The van der Waals surface area contributed by atoms with Gasteiger partial charge in [0, 0.05) is 12.1 Å². The van der Waals surface area contributed by atoms with Crippen molar-refractivity contribution in [2.24, 2.45) is 0 Å². The lowest BCUT2D eigenvalue weighted by Gasteiger charge is -2.20. The minimum atomic E-state index is -0.283. The Balaban J connectivity index is 2.07. The molecule has 2 heterocycles. The summed E-state index contributed by atoms with van der Waals surface area (Å²) in [6.45, 7) is 2.57. The zero-order chi connectivity index (χ0) is 12.7. The van der Waals surface area contributed by atoms with Crippen LogP contribution in [-0.2, 0) is 0 Å². The predicted molar refractivity (Wildman–Crippen MR) is 64.7 cm³/mol. The molecule has 0 saturated carbocycles. The molecule has 1 aliphatic heterocycles.